The highest BCUT2D eigenvalue weighted by atomic mass is 15.0. The molecule has 14 heavy (non-hydrogen) atoms. The van der Waals surface area contributed by atoms with Crippen LogP contribution in [0.1, 0.15) is 30.8 Å². The molecular formula is C11H17N3. The molecule has 0 saturated heterocycles. The summed E-state index contributed by atoms with van der Waals surface area (Å²) in [4.78, 5) is 8.51. The fourth-order valence-electron chi connectivity index (χ4n) is 1.14. The zero-order chi connectivity index (χ0) is 10.4. The van der Waals surface area contributed by atoms with Crippen LogP contribution in [0.5, 0.6) is 0 Å². The third kappa shape index (κ3) is 2.92. The molecule has 0 fully saturated rings. The van der Waals surface area contributed by atoms with Crippen molar-refractivity contribution in [2.75, 3.05) is 6.54 Å². The van der Waals surface area contributed by atoms with Gasteiger partial charge in [-0.15, -0.1) is 6.58 Å². The molecule has 0 aromatic carbocycles. The normalized spacial score (nSPS) is 12.4. The van der Waals surface area contributed by atoms with Crippen LogP contribution >= 0.6 is 0 Å². The first-order valence-corrected chi connectivity index (χ1v) is 4.92. The predicted octanol–water partition coefficient (Wildman–Crippen LogP) is 2.01. The number of aromatic nitrogens is 2. The van der Waals surface area contributed by atoms with Gasteiger partial charge in [0, 0.05) is 12.4 Å². The molecule has 1 unspecified atom stereocenters. The smallest absolute Gasteiger partial charge is 0.149 e. The minimum absolute atomic E-state index is 0.0653. The van der Waals surface area contributed by atoms with Gasteiger partial charge in [0.1, 0.15) is 5.82 Å². The molecule has 0 spiro atoms. The summed E-state index contributed by atoms with van der Waals surface area (Å²) in [6.45, 7) is 8.83. The Hall–Kier alpha value is -1.22. The first kappa shape index (κ1) is 10.9. The van der Waals surface area contributed by atoms with Crippen molar-refractivity contribution in [1.29, 1.82) is 0 Å². The van der Waals surface area contributed by atoms with Gasteiger partial charge in [-0.1, -0.05) is 13.0 Å². The molecule has 3 heteroatoms. The summed E-state index contributed by atoms with van der Waals surface area (Å²) in [5.41, 5.74) is 1.08. The number of nitrogens with one attached hydrogen (secondary N) is 1. The average Bonchev–Trinajstić information content (AvgIpc) is 2.21. The molecule has 0 aliphatic carbocycles. The Balaban J connectivity index is 2.68. The van der Waals surface area contributed by atoms with Crippen molar-refractivity contribution in [3.8, 4) is 0 Å². The highest BCUT2D eigenvalue weighted by Gasteiger charge is 2.07. The molecule has 1 aromatic heterocycles. The molecular weight excluding hydrogens is 174 g/mol. The topological polar surface area (TPSA) is 37.8 Å². The van der Waals surface area contributed by atoms with Gasteiger partial charge >= 0.3 is 0 Å². The van der Waals surface area contributed by atoms with E-state index in [0.29, 0.717) is 0 Å². The van der Waals surface area contributed by atoms with E-state index in [0.717, 1.165) is 24.4 Å². The highest BCUT2D eigenvalue weighted by Crippen LogP contribution is 2.07. The lowest BCUT2D eigenvalue weighted by molar-refractivity contribution is 0.586. The van der Waals surface area contributed by atoms with E-state index < -0.39 is 0 Å². The molecule has 1 rings (SSSR count). The van der Waals surface area contributed by atoms with E-state index in [1.54, 1.807) is 0 Å². The van der Waals surface area contributed by atoms with E-state index in [-0.39, 0.29) is 6.04 Å². The summed E-state index contributed by atoms with van der Waals surface area (Å²) < 4.78 is 0. The van der Waals surface area contributed by atoms with Crippen LogP contribution in [-0.4, -0.2) is 16.5 Å². The van der Waals surface area contributed by atoms with Gasteiger partial charge in [0.25, 0.3) is 0 Å². The number of hydrogen-bond donors (Lipinski definition) is 1. The van der Waals surface area contributed by atoms with Crippen molar-refractivity contribution in [2.24, 2.45) is 0 Å². The number of rotatable bonds is 5. The Morgan fingerprint density at radius 2 is 2.14 bits per heavy atom. The van der Waals surface area contributed by atoms with Crippen LogP contribution in [0, 0.1) is 6.92 Å². The maximum Gasteiger partial charge on any atom is 0.149 e. The van der Waals surface area contributed by atoms with E-state index in [1.165, 1.54) is 0 Å². The van der Waals surface area contributed by atoms with E-state index in [2.05, 4.69) is 28.8 Å². The second kappa shape index (κ2) is 5.50. The van der Waals surface area contributed by atoms with Crippen molar-refractivity contribution in [3.63, 3.8) is 0 Å². The Labute approximate surface area is 85.3 Å². The van der Waals surface area contributed by atoms with Crippen LogP contribution in [0.4, 0.5) is 0 Å². The molecule has 0 radical (unpaired) electrons. The minimum Gasteiger partial charge on any atom is -0.304 e. The van der Waals surface area contributed by atoms with Gasteiger partial charge in [0.2, 0.25) is 0 Å². The molecule has 1 atom stereocenters. The van der Waals surface area contributed by atoms with Crippen LogP contribution in [0.2, 0.25) is 0 Å². The molecule has 0 bridgehead atoms. The van der Waals surface area contributed by atoms with E-state index in [9.17, 15) is 0 Å². The molecule has 1 N–H and O–H groups in total. The number of aryl methyl sites for hydroxylation is 1. The van der Waals surface area contributed by atoms with Gasteiger partial charge < -0.3 is 5.32 Å². The van der Waals surface area contributed by atoms with Gasteiger partial charge in [0.05, 0.1) is 6.04 Å². The molecule has 0 aliphatic rings. The second-order valence-corrected chi connectivity index (χ2v) is 3.29. The van der Waals surface area contributed by atoms with Crippen molar-refractivity contribution in [3.05, 3.63) is 36.4 Å². The van der Waals surface area contributed by atoms with Crippen LogP contribution in [0.15, 0.2) is 25.0 Å². The van der Waals surface area contributed by atoms with E-state index in [1.807, 2.05) is 25.4 Å². The summed E-state index contributed by atoms with van der Waals surface area (Å²) in [6, 6.07) is 0.0653. The summed E-state index contributed by atoms with van der Waals surface area (Å²) in [5.74, 6) is 0.791. The zero-order valence-electron chi connectivity index (χ0n) is 8.83. The fraction of sp³-hybridized carbons (Fsp3) is 0.455. The van der Waals surface area contributed by atoms with Crippen LogP contribution in [-0.2, 0) is 0 Å². The second-order valence-electron chi connectivity index (χ2n) is 3.29. The Kier molecular flexibility index (Phi) is 4.26. The fourth-order valence-corrected chi connectivity index (χ4v) is 1.14. The monoisotopic (exact) mass is 191 g/mol. The van der Waals surface area contributed by atoms with Crippen LogP contribution < -0.4 is 5.32 Å². The van der Waals surface area contributed by atoms with E-state index >= 15 is 0 Å². The number of nitrogens with zero attached hydrogens (tertiary/aromatic N) is 2. The first-order chi connectivity index (χ1) is 6.77. The van der Waals surface area contributed by atoms with Gasteiger partial charge in [-0.05, 0) is 25.5 Å². The minimum atomic E-state index is 0.0653. The zero-order valence-corrected chi connectivity index (χ0v) is 8.83. The number of hydrogen-bond acceptors (Lipinski definition) is 3. The molecule has 1 heterocycles. The molecule has 3 nitrogen and oxygen atoms in total. The van der Waals surface area contributed by atoms with Crippen molar-refractivity contribution in [2.45, 2.75) is 26.3 Å². The Morgan fingerprint density at radius 3 is 2.64 bits per heavy atom. The maximum absolute atomic E-state index is 4.26. The van der Waals surface area contributed by atoms with E-state index in [4.69, 9.17) is 0 Å². The quantitative estimate of drug-likeness (QED) is 0.723. The van der Waals surface area contributed by atoms with Gasteiger partial charge in [-0.25, -0.2) is 9.97 Å². The lowest BCUT2D eigenvalue weighted by Gasteiger charge is -2.12. The Bertz CT molecular complexity index is 279. The van der Waals surface area contributed by atoms with Crippen LogP contribution in [0.25, 0.3) is 0 Å². The van der Waals surface area contributed by atoms with Crippen molar-refractivity contribution < 1.29 is 0 Å². The third-order valence-corrected chi connectivity index (χ3v) is 1.93. The maximum atomic E-state index is 4.26. The van der Waals surface area contributed by atoms with Crippen molar-refractivity contribution >= 4 is 0 Å². The third-order valence-electron chi connectivity index (χ3n) is 1.93. The van der Waals surface area contributed by atoms with Gasteiger partial charge in [-0.2, -0.15) is 0 Å². The summed E-state index contributed by atoms with van der Waals surface area (Å²) in [5, 5.41) is 3.31. The highest BCUT2D eigenvalue weighted by molar-refractivity contribution is 5.08. The predicted molar refractivity (Wildman–Crippen MR) is 58.0 cm³/mol. The summed E-state index contributed by atoms with van der Waals surface area (Å²) in [7, 11) is 0. The Morgan fingerprint density at radius 1 is 1.50 bits per heavy atom. The molecule has 0 saturated carbocycles. The average molecular weight is 191 g/mol. The molecule has 0 amide bonds. The standard InChI is InChI=1S/C11H17N3/c1-4-6-12-10(5-2)11-13-7-9(3)8-14-11/h5,7-8,10,12H,2,4,6H2,1,3H3. The lowest BCUT2D eigenvalue weighted by atomic mass is 10.2. The first-order valence-electron chi connectivity index (χ1n) is 4.92. The molecule has 76 valence electrons. The molecule has 1 aromatic rings. The largest absolute Gasteiger partial charge is 0.304 e. The van der Waals surface area contributed by atoms with Crippen LogP contribution in [0.3, 0.4) is 0 Å². The van der Waals surface area contributed by atoms with Gasteiger partial charge in [0.15, 0.2) is 0 Å². The summed E-state index contributed by atoms with van der Waals surface area (Å²) in [6.07, 6.45) is 6.58. The SMILES string of the molecule is C=CC(NCCC)c1ncc(C)cn1. The summed E-state index contributed by atoms with van der Waals surface area (Å²) >= 11 is 0. The van der Waals surface area contributed by atoms with Gasteiger partial charge in [-0.3, -0.25) is 0 Å². The van der Waals surface area contributed by atoms with Crippen molar-refractivity contribution in [1.82, 2.24) is 15.3 Å². The molecule has 0 aliphatic heterocycles. The lowest BCUT2D eigenvalue weighted by Crippen LogP contribution is -2.22.